The van der Waals surface area contributed by atoms with Crippen LogP contribution in [0.25, 0.3) is 0 Å². The fraction of sp³-hybridized carbons (Fsp3) is 0.588. The zero-order valence-electron chi connectivity index (χ0n) is 14.9. The molecule has 1 aromatic rings. The van der Waals surface area contributed by atoms with Crippen molar-refractivity contribution in [2.45, 2.75) is 32.7 Å². The molecular weight excluding hydrogens is 334 g/mol. The number of nitrogens with zero attached hydrogens (tertiary/aromatic N) is 2. The van der Waals surface area contributed by atoms with Crippen LogP contribution < -0.4 is 4.90 Å². The summed E-state index contributed by atoms with van der Waals surface area (Å²) in [5, 5.41) is 9.54. The average molecular weight is 358 g/mol. The van der Waals surface area contributed by atoms with Crippen molar-refractivity contribution >= 4 is 11.8 Å². The Morgan fingerprint density at radius 3 is 2.12 bits per heavy atom. The highest BCUT2D eigenvalue weighted by Crippen LogP contribution is 2.28. The van der Waals surface area contributed by atoms with E-state index in [-0.39, 0.29) is 24.3 Å². The van der Waals surface area contributed by atoms with Crippen molar-refractivity contribution in [3.8, 4) is 0 Å². The number of hydrogen-bond acceptors (Lipinski definition) is 5. The molecule has 25 heavy (non-hydrogen) atoms. The maximum absolute atomic E-state index is 14.3. The van der Waals surface area contributed by atoms with E-state index in [2.05, 4.69) is 4.74 Å². The number of benzene rings is 1. The molecule has 1 aliphatic rings. The SMILES string of the molecule is COC(O)c1cc(F)c(N2CCN(C(=O)OC(C)(C)C)CC2)c(F)c1. The number of carbonyl (C=O) groups is 1. The van der Waals surface area contributed by atoms with Gasteiger partial charge in [0.2, 0.25) is 0 Å². The molecule has 0 radical (unpaired) electrons. The van der Waals surface area contributed by atoms with Gasteiger partial charge < -0.3 is 24.4 Å². The summed E-state index contributed by atoms with van der Waals surface area (Å²) < 4.78 is 38.6. The van der Waals surface area contributed by atoms with Crippen LogP contribution in [0.15, 0.2) is 12.1 Å². The van der Waals surface area contributed by atoms with Crippen molar-refractivity contribution < 1.29 is 28.2 Å². The summed E-state index contributed by atoms with van der Waals surface area (Å²) >= 11 is 0. The number of rotatable bonds is 3. The number of aliphatic hydroxyl groups excluding tert-OH is 1. The molecule has 1 N–H and O–H groups in total. The van der Waals surface area contributed by atoms with Gasteiger partial charge in [-0.05, 0) is 32.9 Å². The Morgan fingerprint density at radius 2 is 1.68 bits per heavy atom. The van der Waals surface area contributed by atoms with Crippen molar-refractivity contribution in [3.63, 3.8) is 0 Å². The smallest absolute Gasteiger partial charge is 0.410 e. The largest absolute Gasteiger partial charge is 0.444 e. The second-order valence-electron chi connectivity index (χ2n) is 6.88. The summed E-state index contributed by atoms with van der Waals surface area (Å²) in [6.07, 6.45) is -1.83. The van der Waals surface area contributed by atoms with Crippen LogP contribution in [0.1, 0.15) is 32.6 Å². The lowest BCUT2D eigenvalue weighted by Gasteiger charge is -2.37. The third kappa shape index (κ3) is 4.79. The van der Waals surface area contributed by atoms with E-state index in [9.17, 15) is 18.7 Å². The van der Waals surface area contributed by atoms with Gasteiger partial charge in [0.05, 0.1) is 0 Å². The number of carbonyl (C=O) groups excluding carboxylic acids is 1. The van der Waals surface area contributed by atoms with E-state index in [1.54, 1.807) is 20.8 Å². The molecule has 8 heteroatoms. The summed E-state index contributed by atoms with van der Waals surface area (Å²) in [6.45, 7) is 6.50. The van der Waals surface area contributed by atoms with Crippen LogP contribution in [0.2, 0.25) is 0 Å². The van der Waals surface area contributed by atoms with Crippen LogP contribution in [0, 0.1) is 11.6 Å². The van der Waals surface area contributed by atoms with Crippen molar-refractivity contribution in [1.29, 1.82) is 0 Å². The van der Waals surface area contributed by atoms with Crippen molar-refractivity contribution in [2.75, 3.05) is 38.2 Å². The quantitative estimate of drug-likeness (QED) is 0.842. The summed E-state index contributed by atoms with van der Waals surface area (Å²) in [7, 11) is 1.24. The van der Waals surface area contributed by atoms with Gasteiger partial charge in [-0.25, -0.2) is 13.6 Å². The first-order valence-electron chi connectivity index (χ1n) is 8.05. The number of piperazine rings is 1. The summed E-state index contributed by atoms with van der Waals surface area (Å²) in [5.41, 5.74) is -0.755. The molecule has 0 aromatic heterocycles. The molecule has 1 unspecified atom stereocenters. The second-order valence-corrected chi connectivity index (χ2v) is 6.88. The van der Waals surface area contributed by atoms with Crippen LogP contribution in [-0.4, -0.2) is 55.0 Å². The van der Waals surface area contributed by atoms with E-state index < -0.39 is 29.6 Å². The molecule has 1 saturated heterocycles. The van der Waals surface area contributed by atoms with Crippen LogP contribution in [0.5, 0.6) is 0 Å². The van der Waals surface area contributed by atoms with Gasteiger partial charge in [0.25, 0.3) is 0 Å². The molecule has 1 atom stereocenters. The predicted octanol–water partition coefficient (Wildman–Crippen LogP) is 2.66. The molecule has 0 spiro atoms. The zero-order chi connectivity index (χ0) is 18.8. The van der Waals surface area contributed by atoms with Crippen LogP contribution in [-0.2, 0) is 9.47 Å². The number of halogens is 2. The molecule has 1 heterocycles. The lowest BCUT2D eigenvalue weighted by Crippen LogP contribution is -2.50. The fourth-order valence-electron chi connectivity index (χ4n) is 2.60. The fourth-order valence-corrected chi connectivity index (χ4v) is 2.60. The molecule has 0 bridgehead atoms. The number of anilines is 1. The molecule has 1 fully saturated rings. The van der Waals surface area contributed by atoms with E-state index in [0.29, 0.717) is 13.1 Å². The average Bonchev–Trinajstić information content (AvgIpc) is 2.52. The predicted molar refractivity (Wildman–Crippen MR) is 88.3 cm³/mol. The van der Waals surface area contributed by atoms with Crippen LogP contribution >= 0.6 is 0 Å². The Labute approximate surface area is 145 Å². The molecule has 2 rings (SSSR count). The summed E-state index contributed by atoms with van der Waals surface area (Å²) in [6, 6.07) is 2.10. The highest BCUT2D eigenvalue weighted by molar-refractivity contribution is 5.68. The minimum atomic E-state index is -1.39. The van der Waals surface area contributed by atoms with Gasteiger partial charge >= 0.3 is 6.09 Å². The Kier molecular flexibility index (Phi) is 5.84. The van der Waals surface area contributed by atoms with Gasteiger partial charge in [-0.1, -0.05) is 0 Å². The first-order valence-corrected chi connectivity index (χ1v) is 8.05. The van der Waals surface area contributed by atoms with Gasteiger partial charge in [0.15, 0.2) is 6.29 Å². The van der Waals surface area contributed by atoms with E-state index in [1.165, 1.54) is 16.9 Å². The van der Waals surface area contributed by atoms with Crippen LogP contribution in [0.4, 0.5) is 19.3 Å². The Bertz CT molecular complexity index is 603. The number of methoxy groups -OCH3 is 1. The number of ether oxygens (including phenoxy) is 2. The van der Waals surface area contributed by atoms with E-state index in [4.69, 9.17) is 4.74 Å². The highest BCUT2D eigenvalue weighted by atomic mass is 19.1. The maximum Gasteiger partial charge on any atom is 0.410 e. The Balaban J connectivity index is 2.07. The van der Waals surface area contributed by atoms with Gasteiger partial charge in [0, 0.05) is 38.9 Å². The molecule has 1 aromatic carbocycles. The van der Waals surface area contributed by atoms with Crippen molar-refractivity contribution in [2.24, 2.45) is 0 Å². The number of aliphatic hydroxyl groups is 1. The highest BCUT2D eigenvalue weighted by Gasteiger charge is 2.28. The van der Waals surface area contributed by atoms with Gasteiger partial charge in [-0.2, -0.15) is 0 Å². The summed E-state index contributed by atoms with van der Waals surface area (Å²) in [5.74, 6) is -1.56. The molecule has 1 amide bonds. The van der Waals surface area contributed by atoms with E-state index >= 15 is 0 Å². The normalized spacial score (nSPS) is 16.8. The lowest BCUT2D eigenvalue weighted by molar-refractivity contribution is -0.0772. The minimum Gasteiger partial charge on any atom is -0.444 e. The second kappa shape index (κ2) is 7.53. The van der Waals surface area contributed by atoms with Gasteiger partial charge in [-0.3, -0.25) is 0 Å². The Hall–Kier alpha value is -1.93. The first-order chi connectivity index (χ1) is 11.6. The number of amides is 1. The van der Waals surface area contributed by atoms with E-state index in [0.717, 1.165) is 12.1 Å². The zero-order valence-corrected chi connectivity index (χ0v) is 14.9. The maximum atomic E-state index is 14.3. The van der Waals surface area contributed by atoms with Gasteiger partial charge in [-0.15, -0.1) is 0 Å². The molecular formula is C17H24F2N2O4. The molecule has 1 aliphatic heterocycles. The van der Waals surface area contributed by atoms with Gasteiger partial charge in [0.1, 0.15) is 22.9 Å². The molecule has 0 aliphatic carbocycles. The van der Waals surface area contributed by atoms with E-state index in [1.807, 2.05) is 0 Å². The monoisotopic (exact) mass is 358 g/mol. The lowest BCUT2D eigenvalue weighted by atomic mass is 10.1. The molecule has 0 saturated carbocycles. The minimum absolute atomic E-state index is 0.00800. The topological polar surface area (TPSA) is 62.2 Å². The molecule has 140 valence electrons. The third-order valence-corrected chi connectivity index (χ3v) is 3.80. The molecule has 6 nitrogen and oxygen atoms in total. The standard InChI is InChI=1S/C17H24F2N2O4/c1-17(2,3)25-16(23)21-7-5-20(6-8-21)14-12(18)9-11(10-13(14)19)15(22)24-4/h9-10,15,22H,5-8H2,1-4H3. The van der Waals surface area contributed by atoms with Crippen molar-refractivity contribution in [3.05, 3.63) is 29.3 Å². The van der Waals surface area contributed by atoms with Crippen molar-refractivity contribution in [1.82, 2.24) is 4.90 Å². The first kappa shape index (κ1) is 19.4. The van der Waals surface area contributed by atoms with Crippen LogP contribution in [0.3, 0.4) is 0 Å². The third-order valence-electron chi connectivity index (χ3n) is 3.80. The number of hydrogen-bond donors (Lipinski definition) is 1. The Morgan fingerprint density at radius 1 is 1.16 bits per heavy atom. The summed E-state index contributed by atoms with van der Waals surface area (Å²) in [4.78, 5) is 15.1.